The van der Waals surface area contributed by atoms with E-state index in [1.54, 1.807) is 0 Å². The molecule has 0 bridgehead atoms. The molecule has 0 saturated carbocycles. The van der Waals surface area contributed by atoms with Crippen LogP contribution in [0.3, 0.4) is 0 Å². The predicted octanol–water partition coefficient (Wildman–Crippen LogP) is 2.58. The molecule has 75 valence electrons. The van der Waals surface area contributed by atoms with Crippen LogP contribution in [0.1, 0.15) is 25.3 Å². The maximum atomic E-state index is 11.0. The Morgan fingerprint density at radius 1 is 1.36 bits per heavy atom. The fourth-order valence-electron chi connectivity index (χ4n) is 1.10. The van der Waals surface area contributed by atoms with E-state index in [-0.39, 0.29) is 5.97 Å². The lowest BCUT2D eigenvalue weighted by Crippen LogP contribution is -2.05. The van der Waals surface area contributed by atoms with Crippen molar-refractivity contribution in [3.63, 3.8) is 0 Å². The van der Waals surface area contributed by atoms with Crippen molar-refractivity contribution in [2.24, 2.45) is 0 Å². The third kappa shape index (κ3) is 4.08. The van der Waals surface area contributed by atoms with Gasteiger partial charge < -0.3 is 4.74 Å². The summed E-state index contributed by atoms with van der Waals surface area (Å²) in [5, 5.41) is 0. The second-order valence-corrected chi connectivity index (χ2v) is 3.05. The molecular formula is C12H15O2. The van der Waals surface area contributed by atoms with Crippen LogP contribution in [0.5, 0.6) is 0 Å². The van der Waals surface area contributed by atoms with Gasteiger partial charge in [-0.1, -0.05) is 37.3 Å². The van der Waals surface area contributed by atoms with Gasteiger partial charge >= 0.3 is 5.97 Å². The second kappa shape index (κ2) is 6.19. The molecule has 0 N–H and O–H groups in total. The van der Waals surface area contributed by atoms with Crippen LogP contribution in [0.4, 0.5) is 0 Å². The van der Waals surface area contributed by atoms with Crippen molar-refractivity contribution in [3.8, 4) is 0 Å². The van der Waals surface area contributed by atoms with Crippen molar-refractivity contribution in [1.29, 1.82) is 0 Å². The fraction of sp³-hybridized carbons (Fsp3) is 0.333. The molecule has 2 nitrogen and oxygen atoms in total. The molecule has 0 atom stereocenters. The van der Waals surface area contributed by atoms with E-state index in [1.165, 1.54) is 0 Å². The molecule has 0 aliphatic rings. The first-order valence-corrected chi connectivity index (χ1v) is 4.87. The molecule has 0 heterocycles. The number of hydrogen-bond donors (Lipinski definition) is 0. The van der Waals surface area contributed by atoms with Gasteiger partial charge in [0.15, 0.2) is 0 Å². The lowest BCUT2D eigenvalue weighted by molar-refractivity contribution is -0.142. The molecule has 14 heavy (non-hydrogen) atoms. The van der Waals surface area contributed by atoms with Gasteiger partial charge in [-0.3, -0.25) is 4.79 Å². The molecule has 0 aliphatic carbocycles. The van der Waals surface area contributed by atoms with Crippen LogP contribution in [0.25, 0.3) is 0 Å². The van der Waals surface area contributed by atoms with Gasteiger partial charge in [0.1, 0.15) is 0 Å². The first-order chi connectivity index (χ1) is 6.83. The number of rotatable bonds is 5. The highest BCUT2D eigenvalue weighted by molar-refractivity contribution is 5.69. The van der Waals surface area contributed by atoms with Gasteiger partial charge in [-0.2, -0.15) is 0 Å². The summed E-state index contributed by atoms with van der Waals surface area (Å²) in [7, 11) is 0. The lowest BCUT2D eigenvalue weighted by atomic mass is 10.2. The first-order valence-electron chi connectivity index (χ1n) is 4.87. The SMILES string of the molecule is CCCC(=O)OC[CH]c1ccccc1. The van der Waals surface area contributed by atoms with Crippen LogP contribution in [0.15, 0.2) is 30.3 Å². The maximum Gasteiger partial charge on any atom is 0.305 e. The van der Waals surface area contributed by atoms with E-state index >= 15 is 0 Å². The smallest absolute Gasteiger partial charge is 0.305 e. The Kier molecular flexibility index (Phi) is 4.76. The van der Waals surface area contributed by atoms with Crippen LogP contribution in [-0.2, 0) is 9.53 Å². The largest absolute Gasteiger partial charge is 0.465 e. The molecule has 1 aromatic carbocycles. The lowest BCUT2D eigenvalue weighted by Gasteiger charge is -2.03. The molecular weight excluding hydrogens is 176 g/mol. The summed E-state index contributed by atoms with van der Waals surface area (Å²) in [5.74, 6) is -0.125. The Bertz CT molecular complexity index is 267. The monoisotopic (exact) mass is 191 g/mol. The molecule has 1 rings (SSSR count). The summed E-state index contributed by atoms with van der Waals surface area (Å²) >= 11 is 0. The molecule has 0 fully saturated rings. The van der Waals surface area contributed by atoms with E-state index in [2.05, 4.69) is 0 Å². The predicted molar refractivity (Wildman–Crippen MR) is 55.7 cm³/mol. The van der Waals surface area contributed by atoms with Crippen molar-refractivity contribution in [1.82, 2.24) is 0 Å². The Morgan fingerprint density at radius 3 is 2.71 bits per heavy atom. The van der Waals surface area contributed by atoms with E-state index < -0.39 is 0 Å². The van der Waals surface area contributed by atoms with Gasteiger partial charge in [0.05, 0.1) is 6.61 Å². The third-order valence-corrected chi connectivity index (χ3v) is 1.82. The number of esters is 1. The zero-order valence-electron chi connectivity index (χ0n) is 8.40. The maximum absolute atomic E-state index is 11.0. The zero-order valence-corrected chi connectivity index (χ0v) is 8.40. The van der Waals surface area contributed by atoms with Crippen molar-refractivity contribution >= 4 is 5.97 Å². The number of hydrogen-bond acceptors (Lipinski definition) is 2. The molecule has 1 aromatic rings. The minimum Gasteiger partial charge on any atom is -0.465 e. The van der Waals surface area contributed by atoms with Gasteiger partial charge in [0, 0.05) is 12.8 Å². The van der Waals surface area contributed by atoms with E-state index in [0.29, 0.717) is 13.0 Å². The number of benzene rings is 1. The third-order valence-electron chi connectivity index (χ3n) is 1.82. The average Bonchev–Trinajstić information content (AvgIpc) is 2.20. The highest BCUT2D eigenvalue weighted by Gasteiger charge is 2.00. The van der Waals surface area contributed by atoms with Crippen LogP contribution >= 0.6 is 0 Å². The molecule has 0 aliphatic heterocycles. The van der Waals surface area contributed by atoms with Gasteiger partial charge in [0.2, 0.25) is 0 Å². The summed E-state index contributed by atoms with van der Waals surface area (Å²) in [5.41, 5.74) is 1.08. The van der Waals surface area contributed by atoms with Gasteiger partial charge in [-0.15, -0.1) is 0 Å². The van der Waals surface area contributed by atoms with E-state index in [1.807, 2.05) is 43.7 Å². The fourth-order valence-corrected chi connectivity index (χ4v) is 1.10. The zero-order chi connectivity index (χ0) is 10.2. The van der Waals surface area contributed by atoms with Crippen LogP contribution < -0.4 is 0 Å². The second-order valence-electron chi connectivity index (χ2n) is 3.05. The highest BCUT2D eigenvalue weighted by Crippen LogP contribution is 2.02. The average molecular weight is 191 g/mol. The summed E-state index contributed by atoms with van der Waals surface area (Å²) in [6.07, 6.45) is 3.24. The molecule has 0 spiro atoms. The summed E-state index contributed by atoms with van der Waals surface area (Å²) < 4.78 is 4.99. The molecule has 0 unspecified atom stereocenters. The highest BCUT2D eigenvalue weighted by atomic mass is 16.5. The normalized spacial score (nSPS) is 9.79. The van der Waals surface area contributed by atoms with E-state index in [0.717, 1.165) is 12.0 Å². The van der Waals surface area contributed by atoms with E-state index in [4.69, 9.17) is 4.74 Å². The van der Waals surface area contributed by atoms with Crippen molar-refractivity contribution in [2.75, 3.05) is 6.61 Å². The molecule has 0 aromatic heterocycles. The quantitative estimate of drug-likeness (QED) is 0.669. The van der Waals surface area contributed by atoms with Gasteiger partial charge in [-0.25, -0.2) is 0 Å². The Morgan fingerprint density at radius 2 is 2.07 bits per heavy atom. The van der Waals surface area contributed by atoms with Crippen LogP contribution in [-0.4, -0.2) is 12.6 Å². The summed E-state index contributed by atoms with van der Waals surface area (Å²) in [6, 6.07) is 9.83. The Labute approximate surface area is 84.9 Å². The number of carbonyl (C=O) groups is 1. The first kappa shape index (κ1) is 10.8. The van der Waals surface area contributed by atoms with Crippen molar-refractivity contribution in [3.05, 3.63) is 42.3 Å². The van der Waals surface area contributed by atoms with Crippen LogP contribution in [0.2, 0.25) is 0 Å². The van der Waals surface area contributed by atoms with E-state index in [9.17, 15) is 4.79 Å². The molecule has 2 heteroatoms. The Hall–Kier alpha value is -1.31. The van der Waals surface area contributed by atoms with Gasteiger partial charge in [-0.05, 0) is 12.0 Å². The van der Waals surface area contributed by atoms with Crippen LogP contribution in [0, 0.1) is 6.42 Å². The standard InChI is InChI=1S/C12H15O2/c1-2-6-12(13)14-10-9-11-7-4-3-5-8-11/h3-5,7-9H,2,6,10H2,1H3. The minimum absolute atomic E-state index is 0.125. The molecule has 0 saturated heterocycles. The van der Waals surface area contributed by atoms with Crippen molar-refractivity contribution < 1.29 is 9.53 Å². The number of carbonyl (C=O) groups excluding carboxylic acids is 1. The minimum atomic E-state index is -0.125. The summed E-state index contributed by atoms with van der Waals surface area (Å²) in [4.78, 5) is 11.0. The topological polar surface area (TPSA) is 26.3 Å². The van der Waals surface area contributed by atoms with Crippen molar-refractivity contribution in [2.45, 2.75) is 19.8 Å². The molecule has 0 amide bonds. The van der Waals surface area contributed by atoms with Gasteiger partial charge in [0.25, 0.3) is 0 Å². The number of ether oxygens (including phenoxy) is 1. The molecule has 1 radical (unpaired) electrons. The summed E-state index contributed by atoms with van der Waals surface area (Å²) in [6.45, 7) is 2.32. The Balaban J connectivity index is 2.19.